The predicted molar refractivity (Wildman–Crippen MR) is 96.5 cm³/mol. The molecule has 2 rings (SSSR count). The van der Waals surface area contributed by atoms with E-state index in [0.717, 1.165) is 6.20 Å². The number of aliphatic hydroxyl groups is 1. The number of nitrogens with zero attached hydrogens (tertiary/aromatic N) is 1. The number of hydrogen-bond donors (Lipinski definition) is 2. The van der Waals surface area contributed by atoms with E-state index in [1.54, 1.807) is 0 Å². The molecule has 144 valence electrons. The van der Waals surface area contributed by atoms with Gasteiger partial charge in [-0.15, -0.1) is 11.6 Å². The Kier molecular flexibility index (Phi) is 5.90. The Labute approximate surface area is 154 Å². The van der Waals surface area contributed by atoms with Crippen molar-refractivity contribution in [2.24, 2.45) is 0 Å². The summed E-state index contributed by atoms with van der Waals surface area (Å²) >= 11 is 6.11. The Morgan fingerprint density at radius 3 is 2.72 bits per heavy atom. The number of rotatable bonds is 5. The van der Waals surface area contributed by atoms with Gasteiger partial charge < -0.3 is 19.6 Å². The molecule has 0 aromatic rings. The molecule has 2 aliphatic rings. The zero-order valence-electron chi connectivity index (χ0n) is 15.4. The average molecular weight is 395 g/mol. The highest BCUT2D eigenvalue weighted by atomic mass is 35.5. The molecule has 2 N–H and O–H groups in total. The van der Waals surface area contributed by atoms with Crippen molar-refractivity contribution >= 4 is 25.9 Å². The molecule has 0 saturated carbocycles. The molecule has 3 atom stereocenters. The maximum absolute atomic E-state index is 13.6. The van der Waals surface area contributed by atoms with Crippen LogP contribution >= 0.6 is 11.6 Å². The van der Waals surface area contributed by atoms with E-state index in [2.05, 4.69) is 39.2 Å². The molecule has 0 spiro atoms. The van der Waals surface area contributed by atoms with E-state index in [9.17, 15) is 14.3 Å². The Morgan fingerprint density at radius 1 is 1.56 bits per heavy atom. The third kappa shape index (κ3) is 4.03. The summed E-state index contributed by atoms with van der Waals surface area (Å²) in [5.41, 5.74) is -1.12. The SMILES string of the molecule is CC(C)(C)[Si](C)(C)OC1C[C@H](N2C=C(F)CNC2=O)O[C@@]1(CO)CCl. The molecule has 2 heterocycles. The van der Waals surface area contributed by atoms with E-state index in [1.807, 2.05) is 0 Å². The van der Waals surface area contributed by atoms with E-state index >= 15 is 0 Å². The van der Waals surface area contributed by atoms with Gasteiger partial charge in [-0.2, -0.15) is 0 Å². The van der Waals surface area contributed by atoms with Gasteiger partial charge in [-0.1, -0.05) is 20.8 Å². The highest BCUT2D eigenvalue weighted by Crippen LogP contribution is 2.43. The molecule has 2 amide bonds. The van der Waals surface area contributed by atoms with E-state index < -0.39 is 38.1 Å². The molecule has 25 heavy (non-hydrogen) atoms. The Bertz CT molecular complexity index is 549. The molecule has 1 fully saturated rings. The molecule has 0 aromatic heterocycles. The van der Waals surface area contributed by atoms with Gasteiger partial charge in [0.05, 0.1) is 25.1 Å². The van der Waals surface area contributed by atoms with Crippen molar-refractivity contribution in [1.29, 1.82) is 0 Å². The number of ether oxygens (including phenoxy) is 1. The Morgan fingerprint density at radius 2 is 2.20 bits per heavy atom. The fraction of sp³-hybridized carbons (Fsp3) is 0.812. The van der Waals surface area contributed by atoms with Crippen molar-refractivity contribution in [3.05, 3.63) is 12.0 Å². The van der Waals surface area contributed by atoms with Crippen molar-refractivity contribution in [3.63, 3.8) is 0 Å². The van der Waals surface area contributed by atoms with Crippen LogP contribution in [0.15, 0.2) is 12.0 Å². The van der Waals surface area contributed by atoms with Crippen LogP contribution in [0.25, 0.3) is 0 Å². The lowest BCUT2D eigenvalue weighted by Crippen LogP contribution is -2.53. The van der Waals surface area contributed by atoms with Crippen LogP contribution in [-0.2, 0) is 9.16 Å². The number of urea groups is 1. The number of hydrogen-bond acceptors (Lipinski definition) is 4. The van der Waals surface area contributed by atoms with Gasteiger partial charge >= 0.3 is 6.03 Å². The Balaban J connectivity index is 2.27. The van der Waals surface area contributed by atoms with Gasteiger partial charge in [0.25, 0.3) is 0 Å². The molecule has 1 unspecified atom stereocenters. The van der Waals surface area contributed by atoms with Crippen molar-refractivity contribution in [2.45, 2.75) is 63.3 Å². The molecule has 6 nitrogen and oxygen atoms in total. The predicted octanol–water partition coefficient (Wildman–Crippen LogP) is 2.93. The molecule has 0 bridgehead atoms. The van der Waals surface area contributed by atoms with Crippen LogP contribution in [0.4, 0.5) is 9.18 Å². The average Bonchev–Trinajstić information content (AvgIpc) is 2.87. The summed E-state index contributed by atoms with van der Waals surface area (Å²) in [6.07, 6.45) is 0.227. The highest BCUT2D eigenvalue weighted by molar-refractivity contribution is 6.74. The quantitative estimate of drug-likeness (QED) is 0.555. The van der Waals surface area contributed by atoms with Crippen molar-refractivity contribution in [2.75, 3.05) is 19.0 Å². The first-order valence-electron chi connectivity index (χ1n) is 8.40. The van der Waals surface area contributed by atoms with Crippen molar-refractivity contribution in [1.82, 2.24) is 10.2 Å². The normalized spacial score (nSPS) is 31.1. The minimum atomic E-state index is -2.16. The molecule has 9 heteroatoms. The zero-order valence-corrected chi connectivity index (χ0v) is 17.2. The molecule has 2 aliphatic heterocycles. The molecular weight excluding hydrogens is 367 g/mol. The molecule has 0 radical (unpaired) electrons. The number of alkyl halides is 1. The lowest BCUT2D eigenvalue weighted by Gasteiger charge is -2.42. The number of halogens is 2. The van der Waals surface area contributed by atoms with Gasteiger partial charge in [0.2, 0.25) is 0 Å². The van der Waals surface area contributed by atoms with Crippen LogP contribution in [0.3, 0.4) is 0 Å². The van der Waals surface area contributed by atoms with Gasteiger partial charge in [-0.05, 0) is 18.1 Å². The first kappa shape index (κ1) is 20.6. The monoisotopic (exact) mass is 394 g/mol. The number of carbonyl (C=O) groups excluding carboxylic acids is 1. The fourth-order valence-corrected chi connectivity index (χ4v) is 4.37. The maximum Gasteiger partial charge on any atom is 0.323 e. The van der Waals surface area contributed by atoms with Crippen LogP contribution < -0.4 is 5.32 Å². The van der Waals surface area contributed by atoms with E-state index in [0.29, 0.717) is 6.42 Å². The van der Waals surface area contributed by atoms with Crippen LogP contribution in [0.5, 0.6) is 0 Å². The van der Waals surface area contributed by atoms with Crippen LogP contribution in [0.2, 0.25) is 18.1 Å². The first-order chi connectivity index (χ1) is 11.5. The highest BCUT2D eigenvalue weighted by Gasteiger charge is 2.54. The second-order valence-corrected chi connectivity index (χ2v) is 13.2. The summed E-state index contributed by atoms with van der Waals surface area (Å²) in [7, 11) is -2.16. The van der Waals surface area contributed by atoms with Gasteiger partial charge in [0.1, 0.15) is 17.7 Å². The van der Waals surface area contributed by atoms with Crippen LogP contribution in [0.1, 0.15) is 27.2 Å². The minimum absolute atomic E-state index is 0.0148. The fourth-order valence-electron chi connectivity index (χ4n) is 2.67. The lowest BCUT2D eigenvalue weighted by atomic mass is 10.0. The first-order valence-corrected chi connectivity index (χ1v) is 11.8. The topological polar surface area (TPSA) is 71.0 Å². The second kappa shape index (κ2) is 7.15. The van der Waals surface area contributed by atoms with Gasteiger partial charge in [-0.25, -0.2) is 9.18 Å². The summed E-state index contributed by atoms with van der Waals surface area (Å²) in [6, 6.07) is -0.444. The molecule has 1 saturated heterocycles. The smallest absolute Gasteiger partial charge is 0.323 e. The molecule has 0 aliphatic carbocycles. The standard InChI is InChI=1S/C16H28ClFN2O4Si/c1-15(2,3)25(4,5)24-12-6-13(23-16(12,9-17)10-21)20-8-11(18)7-19-14(20)22/h8,12-13,21H,6-7,9-10H2,1-5H3,(H,19,22)/t12?,13-,16-/m1/s1. The minimum Gasteiger partial charge on any atom is -0.411 e. The number of nitrogens with one attached hydrogen (secondary N) is 1. The van der Waals surface area contributed by atoms with E-state index in [1.165, 1.54) is 4.90 Å². The summed E-state index contributed by atoms with van der Waals surface area (Å²) in [5.74, 6) is -0.446. The Hall–Kier alpha value is -0.673. The molecular formula is C16H28ClFN2O4Si. The third-order valence-electron chi connectivity index (χ3n) is 5.34. The van der Waals surface area contributed by atoms with Gasteiger partial charge in [-0.3, -0.25) is 4.90 Å². The largest absolute Gasteiger partial charge is 0.411 e. The van der Waals surface area contributed by atoms with E-state index in [4.69, 9.17) is 20.8 Å². The lowest BCUT2D eigenvalue weighted by molar-refractivity contribution is -0.116. The second-order valence-electron chi connectivity index (χ2n) is 8.17. The number of carbonyl (C=O) groups is 1. The number of aliphatic hydroxyl groups excluding tert-OH is 1. The molecule has 0 aromatic carbocycles. The maximum atomic E-state index is 13.6. The summed E-state index contributed by atoms with van der Waals surface area (Å²) in [5, 5.41) is 12.3. The zero-order chi connectivity index (χ0) is 19.0. The van der Waals surface area contributed by atoms with Gasteiger partial charge in [0.15, 0.2) is 8.32 Å². The summed E-state index contributed by atoms with van der Waals surface area (Å²) < 4.78 is 26.0. The van der Waals surface area contributed by atoms with E-state index in [-0.39, 0.29) is 24.1 Å². The summed E-state index contributed by atoms with van der Waals surface area (Å²) in [4.78, 5) is 13.2. The summed E-state index contributed by atoms with van der Waals surface area (Å²) in [6.45, 7) is 10.1. The van der Waals surface area contributed by atoms with Crippen LogP contribution in [0, 0.1) is 0 Å². The van der Waals surface area contributed by atoms with Gasteiger partial charge in [0, 0.05) is 12.6 Å². The van der Waals surface area contributed by atoms with Crippen LogP contribution in [-0.4, -0.2) is 61.3 Å². The van der Waals surface area contributed by atoms with Crippen molar-refractivity contribution in [3.8, 4) is 0 Å². The number of amides is 2. The van der Waals surface area contributed by atoms with Crippen molar-refractivity contribution < 1.29 is 23.5 Å². The third-order valence-corrected chi connectivity index (χ3v) is 10.3.